The molecule has 0 aliphatic heterocycles. The number of rotatable bonds is 9. The van der Waals surface area contributed by atoms with Crippen LogP contribution in [0, 0.1) is 0 Å². The number of aryl methyl sites for hydroxylation is 1. The molecule has 0 radical (unpaired) electrons. The predicted molar refractivity (Wildman–Crippen MR) is 72.0 cm³/mol. The molecule has 1 aromatic heterocycles. The first-order valence-electron chi connectivity index (χ1n) is 6.06. The third-order valence-electron chi connectivity index (χ3n) is 2.47. The molecule has 0 aromatic carbocycles. The van der Waals surface area contributed by atoms with Crippen molar-refractivity contribution in [1.82, 2.24) is 9.55 Å². The molecule has 0 bridgehead atoms. The number of nitrogens with zero attached hydrogens (tertiary/aromatic N) is 2. The van der Waals surface area contributed by atoms with Gasteiger partial charge in [-0.25, -0.2) is 13.4 Å². The maximum Gasteiger partial charge on any atom is 0.280 e. The van der Waals surface area contributed by atoms with Gasteiger partial charge in [0.1, 0.15) is 5.82 Å². The van der Waals surface area contributed by atoms with Gasteiger partial charge in [-0.1, -0.05) is 6.92 Å². The second kappa shape index (κ2) is 7.84. The third-order valence-corrected chi connectivity index (χ3v) is 3.64. The molecule has 0 saturated heterocycles. The average Bonchev–Trinajstić information content (AvgIpc) is 2.73. The average molecular weight is 311 g/mol. The van der Waals surface area contributed by atoms with Crippen molar-refractivity contribution in [1.29, 1.82) is 0 Å². The standard InChI is InChI=1S/C11H19ClN2O4S/c1-3-4-10-13-11(19(12,15)16)9-14(10)5-6-18-8-7-17-2/h9H,3-8H2,1-2H3. The summed E-state index contributed by atoms with van der Waals surface area (Å²) in [5, 5.41) is -0.102. The normalized spacial score (nSPS) is 11.9. The zero-order valence-corrected chi connectivity index (χ0v) is 12.7. The Morgan fingerprint density at radius 3 is 2.68 bits per heavy atom. The highest BCUT2D eigenvalue weighted by Gasteiger charge is 2.17. The van der Waals surface area contributed by atoms with Crippen molar-refractivity contribution in [2.75, 3.05) is 26.9 Å². The SMILES string of the molecule is CCCc1nc(S(=O)(=O)Cl)cn1CCOCCOC. The van der Waals surface area contributed by atoms with Crippen LogP contribution in [0.1, 0.15) is 19.2 Å². The van der Waals surface area contributed by atoms with E-state index in [4.69, 9.17) is 20.2 Å². The van der Waals surface area contributed by atoms with Crippen LogP contribution in [0.2, 0.25) is 0 Å². The largest absolute Gasteiger partial charge is 0.382 e. The van der Waals surface area contributed by atoms with E-state index in [9.17, 15) is 8.42 Å². The van der Waals surface area contributed by atoms with Gasteiger partial charge in [-0.05, 0) is 6.42 Å². The van der Waals surface area contributed by atoms with Crippen molar-refractivity contribution in [3.63, 3.8) is 0 Å². The van der Waals surface area contributed by atoms with Gasteiger partial charge in [0.2, 0.25) is 0 Å². The Labute approximate surface area is 118 Å². The van der Waals surface area contributed by atoms with Crippen molar-refractivity contribution < 1.29 is 17.9 Å². The van der Waals surface area contributed by atoms with E-state index in [2.05, 4.69) is 4.98 Å². The maximum atomic E-state index is 11.3. The van der Waals surface area contributed by atoms with Crippen LogP contribution >= 0.6 is 10.7 Å². The Hall–Kier alpha value is -0.630. The van der Waals surface area contributed by atoms with E-state index in [0.717, 1.165) is 6.42 Å². The van der Waals surface area contributed by atoms with Gasteiger partial charge in [-0.2, -0.15) is 0 Å². The lowest BCUT2D eigenvalue weighted by atomic mass is 10.3. The van der Waals surface area contributed by atoms with Gasteiger partial charge in [0.15, 0.2) is 5.03 Å². The summed E-state index contributed by atoms with van der Waals surface area (Å²) in [4.78, 5) is 4.05. The van der Waals surface area contributed by atoms with Crippen molar-refractivity contribution in [2.24, 2.45) is 0 Å². The highest BCUT2D eigenvalue weighted by atomic mass is 35.7. The van der Waals surface area contributed by atoms with Gasteiger partial charge in [0.05, 0.1) is 19.8 Å². The van der Waals surface area contributed by atoms with Crippen molar-refractivity contribution in [2.45, 2.75) is 31.3 Å². The van der Waals surface area contributed by atoms with Gasteiger partial charge in [0.25, 0.3) is 9.05 Å². The monoisotopic (exact) mass is 310 g/mol. The van der Waals surface area contributed by atoms with Crippen LogP contribution in [0.25, 0.3) is 0 Å². The summed E-state index contributed by atoms with van der Waals surface area (Å²) in [6.07, 6.45) is 3.03. The Kier molecular flexibility index (Phi) is 6.78. The maximum absolute atomic E-state index is 11.3. The van der Waals surface area contributed by atoms with Crippen molar-refractivity contribution in [3.8, 4) is 0 Å². The molecule has 19 heavy (non-hydrogen) atoms. The molecule has 8 heteroatoms. The first-order valence-corrected chi connectivity index (χ1v) is 8.37. The fourth-order valence-corrected chi connectivity index (χ4v) is 2.26. The van der Waals surface area contributed by atoms with Gasteiger partial charge in [-0.15, -0.1) is 0 Å². The summed E-state index contributed by atoms with van der Waals surface area (Å²) in [6.45, 7) is 4.06. The Balaban J connectivity index is 2.67. The highest BCUT2D eigenvalue weighted by Crippen LogP contribution is 2.15. The van der Waals surface area contributed by atoms with Crippen LogP contribution in [0.15, 0.2) is 11.2 Å². The molecule has 1 heterocycles. The summed E-state index contributed by atoms with van der Waals surface area (Å²) in [5.74, 6) is 0.706. The molecule has 0 N–H and O–H groups in total. The van der Waals surface area contributed by atoms with E-state index in [0.29, 0.717) is 38.6 Å². The van der Waals surface area contributed by atoms with E-state index < -0.39 is 9.05 Å². The molecule has 0 saturated carbocycles. The second-order valence-corrected chi connectivity index (χ2v) is 6.49. The molecule has 6 nitrogen and oxygen atoms in total. The number of methoxy groups -OCH3 is 1. The minimum atomic E-state index is -3.78. The number of hydrogen-bond donors (Lipinski definition) is 0. The molecular weight excluding hydrogens is 292 g/mol. The first-order chi connectivity index (χ1) is 8.99. The van der Waals surface area contributed by atoms with E-state index in [1.807, 2.05) is 6.92 Å². The lowest BCUT2D eigenvalue weighted by molar-refractivity contribution is 0.0663. The Bertz CT molecular complexity index is 487. The highest BCUT2D eigenvalue weighted by molar-refractivity contribution is 8.13. The molecule has 0 aliphatic rings. The third kappa shape index (κ3) is 5.48. The van der Waals surface area contributed by atoms with Crippen LogP contribution in [-0.2, 0) is 31.5 Å². The topological polar surface area (TPSA) is 70.4 Å². The minimum Gasteiger partial charge on any atom is -0.382 e. The van der Waals surface area contributed by atoms with Crippen LogP contribution in [-0.4, -0.2) is 44.9 Å². The molecule has 0 aliphatic carbocycles. The Morgan fingerprint density at radius 2 is 2.11 bits per heavy atom. The van der Waals surface area contributed by atoms with E-state index in [1.54, 1.807) is 11.7 Å². The summed E-state index contributed by atoms with van der Waals surface area (Å²) >= 11 is 0. The van der Waals surface area contributed by atoms with Gasteiger partial charge in [0, 0.05) is 37.0 Å². The number of hydrogen-bond acceptors (Lipinski definition) is 5. The number of imidazole rings is 1. The first kappa shape index (κ1) is 16.4. The lowest BCUT2D eigenvalue weighted by Gasteiger charge is -2.07. The summed E-state index contributed by atoms with van der Waals surface area (Å²) in [6, 6.07) is 0. The molecule has 0 spiro atoms. The molecule has 0 fully saturated rings. The number of halogens is 1. The van der Waals surface area contributed by atoms with E-state index in [-0.39, 0.29) is 5.03 Å². The molecule has 110 valence electrons. The number of aromatic nitrogens is 2. The summed E-state index contributed by atoms with van der Waals surface area (Å²) < 4.78 is 34.5. The molecular formula is C11H19ClN2O4S. The number of ether oxygens (including phenoxy) is 2. The Morgan fingerprint density at radius 1 is 1.37 bits per heavy atom. The fraction of sp³-hybridized carbons (Fsp3) is 0.727. The smallest absolute Gasteiger partial charge is 0.280 e. The van der Waals surface area contributed by atoms with Crippen LogP contribution in [0.5, 0.6) is 0 Å². The van der Waals surface area contributed by atoms with Crippen LogP contribution in [0.3, 0.4) is 0 Å². The zero-order valence-electron chi connectivity index (χ0n) is 11.1. The lowest BCUT2D eigenvalue weighted by Crippen LogP contribution is -2.11. The van der Waals surface area contributed by atoms with E-state index >= 15 is 0 Å². The van der Waals surface area contributed by atoms with E-state index in [1.165, 1.54) is 6.20 Å². The molecule has 0 unspecified atom stereocenters. The van der Waals surface area contributed by atoms with Gasteiger partial charge in [-0.3, -0.25) is 0 Å². The van der Waals surface area contributed by atoms with Crippen molar-refractivity contribution >= 4 is 19.7 Å². The van der Waals surface area contributed by atoms with Crippen molar-refractivity contribution in [3.05, 3.63) is 12.0 Å². The quantitative estimate of drug-likeness (QED) is 0.510. The second-order valence-electron chi connectivity index (χ2n) is 3.98. The molecule has 1 aromatic rings. The summed E-state index contributed by atoms with van der Waals surface area (Å²) in [5.41, 5.74) is 0. The predicted octanol–water partition coefficient (Wildman–Crippen LogP) is 1.43. The summed E-state index contributed by atoms with van der Waals surface area (Å²) in [7, 11) is 3.12. The zero-order chi connectivity index (χ0) is 14.3. The fourth-order valence-electron chi connectivity index (χ4n) is 1.57. The van der Waals surface area contributed by atoms with Crippen LogP contribution < -0.4 is 0 Å². The van der Waals surface area contributed by atoms with Crippen LogP contribution in [0.4, 0.5) is 0 Å². The minimum absolute atomic E-state index is 0.102. The van der Waals surface area contributed by atoms with Gasteiger partial charge < -0.3 is 14.0 Å². The molecule has 0 atom stereocenters. The molecule has 1 rings (SSSR count). The molecule has 0 amide bonds. The van der Waals surface area contributed by atoms with Gasteiger partial charge >= 0.3 is 0 Å².